The average Bonchev–Trinajstić information content (AvgIpc) is 4.11. The number of fused-ring (bicyclic) bond motifs is 13. The molecule has 1 spiro atoms. The summed E-state index contributed by atoms with van der Waals surface area (Å²) >= 11 is 0. The van der Waals surface area contributed by atoms with Gasteiger partial charge in [0, 0.05) is 80.7 Å². The number of rotatable bonds is 15. The number of likely N-dealkylation sites (N-methyl/N-ethyl adjacent to an activating group) is 1. The van der Waals surface area contributed by atoms with Gasteiger partial charge in [0.25, 0.3) is 11.7 Å². The van der Waals surface area contributed by atoms with E-state index in [2.05, 4.69) is 41.3 Å². The first-order valence-corrected chi connectivity index (χ1v) is 27.2. The molecule has 2 aromatic rings. The number of phenolic OH excluding ortho intramolecular Hbond substituents is 2. The maximum atomic E-state index is 14.8. The minimum atomic E-state index is -1.88. The molecule has 0 aliphatic carbocycles. The van der Waals surface area contributed by atoms with Crippen LogP contribution in [0.3, 0.4) is 0 Å². The van der Waals surface area contributed by atoms with Crippen LogP contribution >= 0.6 is 0 Å². The van der Waals surface area contributed by atoms with E-state index in [-0.39, 0.29) is 106 Å². The summed E-state index contributed by atoms with van der Waals surface area (Å²) in [6.07, 6.45) is 8.32. The lowest BCUT2D eigenvalue weighted by molar-refractivity contribution is -0.159. The molecule has 5 N–H and O–H groups in total. The largest absolute Gasteiger partial charge is 0.507 e. The summed E-state index contributed by atoms with van der Waals surface area (Å²) in [5, 5.41) is 42.4. The Bertz CT molecular complexity index is 2850. The number of benzene rings is 2. The van der Waals surface area contributed by atoms with E-state index in [1.807, 2.05) is 40.7 Å². The van der Waals surface area contributed by atoms with Crippen molar-refractivity contribution in [2.75, 3.05) is 58.2 Å². The van der Waals surface area contributed by atoms with Crippen molar-refractivity contribution in [2.24, 2.45) is 57.3 Å². The quantitative estimate of drug-likeness (QED) is 0.0679. The maximum Gasteiger partial charge on any atom is 0.325 e. The predicted octanol–water partition coefficient (Wildman–Crippen LogP) is 5.01. The second kappa shape index (κ2) is 25.5. The number of piperidine rings is 1. The van der Waals surface area contributed by atoms with E-state index in [1.54, 1.807) is 44.0 Å². The number of ketones is 1. The van der Waals surface area contributed by atoms with Gasteiger partial charge in [-0.2, -0.15) is 0 Å². The molecule has 426 valence electrons. The number of aliphatic hydroxyl groups excluding tert-OH is 1. The van der Waals surface area contributed by atoms with Crippen molar-refractivity contribution in [3.05, 3.63) is 58.0 Å². The third-order valence-corrected chi connectivity index (χ3v) is 16.2. The lowest BCUT2D eigenvalue weighted by Gasteiger charge is -2.38. The number of ether oxygens (including phenoxy) is 4. The lowest BCUT2D eigenvalue weighted by atomic mass is 9.72. The van der Waals surface area contributed by atoms with Crippen molar-refractivity contribution in [3.63, 3.8) is 0 Å². The molecule has 20 heteroatoms. The number of nitrogens with zero attached hydrogens (tertiary/aromatic N) is 4. The second-order valence-corrected chi connectivity index (χ2v) is 22.6. The number of carbonyl (C=O) groups excluding carboxylic acids is 7. The van der Waals surface area contributed by atoms with Crippen LogP contribution < -0.4 is 26.1 Å². The molecule has 5 aliphatic heterocycles. The number of likely N-dealkylation sites (tertiary alicyclic amines) is 1. The highest BCUT2D eigenvalue weighted by Crippen LogP contribution is 2.51. The van der Waals surface area contributed by atoms with E-state index >= 15 is 0 Å². The normalized spacial score (nSPS) is 28.0. The summed E-state index contributed by atoms with van der Waals surface area (Å²) in [6, 6.07) is 0. The first-order valence-electron chi connectivity index (χ1n) is 27.2. The van der Waals surface area contributed by atoms with Gasteiger partial charge < -0.3 is 59.4 Å². The molecular weight excluding hydrogens is 1000 g/mol. The van der Waals surface area contributed by atoms with Crippen LogP contribution in [-0.2, 0) is 43.0 Å². The Balaban J connectivity index is 1.32. The van der Waals surface area contributed by atoms with Crippen LogP contribution in [0.1, 0.15) is 111 Å². The monoisotopic (exact) mass is 1080 g/mol. The van der Waals surface area contributed by atoms with Gasteiger partial charge in [0.1, 0.15) is 59.7 Å². The van der Waals surface area contributed by atoms with Gasteiger partial charge in [-0.1, -0.05) is 73.6 Å². The highest BCUT2D eigenvalue weighted by molar-refractivity contribution is 6.21. The zero-order valence-electron chi connectivity index (χ0n) is 47.2. The van der Waals surface area contributed by atoms with Crippen molar-refractivity contribution in [3.8, 4) is 17.2 Å². The van der Waals surface area contributed by atoms with Crippen molar-refractivity contribution < 1.29 is 67.8 Å². The number of aldehydes is 2. The van der Waals surface area contributed by atoms with Gasteiger partial charge in [0.05, 0.1) is 41.5 Å². The van der Waals surface area contributed by atoms with E-state index in [0.717, 1.165) is 6.54 Å². The van der Waals surface area contributed by atoms with Gasteiger partial charge in [-0.3, -0.25) is 33.9 Å². The summed E-state index contributed by atoms with van der Waals surface area (Å²) in [7, 11) is 1.64. The van der Waals surface area contributed by atoms with Crippen LogP contribution in [0.4, 0.5) is 5.69 Å². The summed E-state index contributed by atoms with van der Waals surface area (Å²) < 4.78 is 24.0. The molecule has 0 unspecified atom stereocenters. The van der Waals surface area contributed by atoms with Crippen LogP contribution in [-0.4, -0.2) is 144 Å². The Morgan fingerprint density at radius 3 is 2.27 bits per heavy atom. The van der Waals surface area contributed by atoms with Gasteiger partial charge in [0.2, 0.25) is 5.91 Å². The van der Waals surface area contributed by atoms with Gasteiger partial charge in [-0.15, -0.1) is 0 Å². The van der Waals surface area contributed by atoms with Crippen LogP contribution in [0.25, 0.3) is 10.8 Å². The highest BCUT2D eigenvalue weighted by atomic mass is 16.7. The lowest BCUT2D eigenvalue weighted by Crippen LogP contribution is -2.47. The number of carbonyl (C=O) groups is 7. The number of anilines is 1. The molecule has 78 heavy (non-hydrogen) atoms. The van der Waals surface area contributed by atoms with Crippen LogP contribution in [0.5, 0.6) is 17.2 Å². The van der Waals surface area contributed by atoms with Crippen molar-refractivity contribution in [1.29, 1.82) is 0 Å². The second-order valence-electron chi connectivity index (χ2n) is 22.6. The topological polar surface area (TPSA) is 272 Å². The molecule has 2 amide bonds. The molecular formula is C58H80N6O14. The first kappa shape index (κ1) is 60.7. The fourth-order valence-electron chi connectivity index (χ4n) is 10.8. The number of esters is 2. The molecule has 0 radical (unpaired) electrons. The summed E-state index contributed by atoms with van der Waals surface area (Å²) in [6.45, 7) is 22.4. The van der Waals surface area contributed by atoms with Gasteiger partial charge in [-0.25, -0.2) is 4.99 Å². The third kappa shape index (κ3) is 13.5. The number of amides is 2. The molecule has 20 nitrogen and oxygen atoms in total. The number of Topliss-reactive ketones (excluding diaryl/α,β-unsaturated/α-hetero) is 1. The summed E-state index contributed by atoms with van der Waals surface area (Å²) in [4.78, 5) is 102. The van der Waals surface area contributed by atoms with Crippen LogP contribution in [0.2, 0.25) is 0 Å². The molecule has 1 saturated heterocycles. The summed E-state index contributed by atoms with van der Waals surface area (Å²) in [5.74, 6) is -7.99. The van der Waals surface area contributed by atoms with Crippen molar-refractivity contribution in [2.45, 2.75) is 126 Å². The minimum absolute atomic E-state index is 0.0217. The molecule has 5 bridgehead atoms. The van der Waals surface area contributed by atoms with E-state index in [0.29, 0.717) is 50.1 Å². The Labute approximate surface area is 456 Å². The molecule has 0 saturated carbocycles. The molecule has 2 aromatic carbocycles. The highest BCUT2D eigenvalue weighted by Gasteiger charge is 2.51. The van der Waals surface area contributed by atoms with Gasteiger partial charge in [-0.05, 0) is 63.0 Å². The fourth-order valence-corrected chi connectivity index (χ4v) is 10.8. The number of aliphatic hydroxyl groups is 1. The first-order chi connectivity index (χ1) is 36.8. The summed E-state index contributed by atoms with van der Waals surface area (Å²) in [5.41, 5.74) is -0.112. The number of allylic oxidation sites excluding steroid dienone is 3. The SMILES string of the molecule is C/C1=C/C=C/[C@H](C)[C@H](OC(=O)CN(C)CCOC(=O)CNC(=O)CCC(C=O)C=O)[C@@H](C)[C@@H](O)[C@@H](C)[C@H](C)[C@H](C)[C@@H](C)/C=C/O[C@@]2(C)Oc3c(C)c(O)c4c(O)c(c5c(c4c3C2=O)NC2(CCN(CC(C)C)CC2)N=5)=NC1=O. The number of hydrogen-bond acceptors (Lipinski definition) is 18. The molecule has 9 atom stereocenters. The number of phenols is 2. The van der Waals surface area contributed by atoms with Crippen molar-refractivity contribution in [1.82, 2.24) is 15.1 Å². The maximum absolute atomic E-state index is 14.8. The fraction of sp³-hybridized carbons (Fsp3) is 0.603. The Morgan fingerprint density at radius 1 is 0.936 bits per heavy atom. The van der Waals surface area contributed by atoms with Crippen LogP contribution in [0, 0.1) is 54.3 Å². The van der Waals surface area contributed by atoms with Crippen molar-refractivity contribution >= 4 is 58.6 Å². The van der Waals surface area contributed by atoms with E-state index < -0.39 is 83.2 Å². The standard InChI is InChI=1S/C58H80N6O14/c1-31(2)27-64-21-19-58(20-22-64)61-47-44-45-51(71)39(10)54-46(44)55(73)57(11,78-54)76-24-18-32(3)35(6)36(7)37(8)50(70)38(9)53(33(4)14-13-15-34(5)56(74)60-49(52(45)72)48(47)62-58)77-43(69)28-63(12)23-25-75-42(68)26-59-41(67)17-16-40(29-65)30-66/h13-15,18,24,29-33,35-38,40,50,53,61,70-72H,16-17,19-23,25-28H2,1-12H3,(H,59,67)/b14-13+,24-18+,34-15-,60-49?/t32-,33-,35+,36+,37-,38-,50-,53-,57-/m0/s1. The van der Waals surface area contributed by atoms with E-state index in [1.165, 1.54) is 13.2 Å². The number of hydrogen-bond donors (Lipinski definition) is 5. The average molecular weight is 1090 g/mol. The molecule has 7 rings (SSSR count). The molecule has 0 aromatic heterocycles. The number of aromatic hydroxyl groups is 2. The Hall–Kier alpha value is -6.51. The molecule has 1 fully saturated rings. The Morgan fingerprint density at radius 2 is 1.62 bits per heavy atom. The molecule has 5 aliphatic rings. The van der Waals surface area contributed by atoms with Crippen LogP contribution in [0.15, 0.2) is 46.1 Å². The van der Waals surface area contributed by atoms with Gasteiger partial charge in [0.15, 0.2) is 5.75 Å². The zero-order valence-corrected chi connectivity index (χ0v) is 47.2. The third-order valence-electron chi connectivity index (χ3n) is 16.2. The molecule has 5 heterocycles. The predicted molar refractivity (Wildman–Crippen MR) is 290 cm³/mol. The smallest absolute Gasteiger partial charge is 0.325 e. The van der Waals surface area contributed by atoms with E-state index in [4.69, 9.17) is 23.9 Å². The Kier molecular flexibility index (Phi) is 19.9. The van der Waals surface area contributed by atoms with Gasteiger partial charge >= 0.3 is 17.7 Å². The minimum Gasteiger partial charge on any atom is -0.507 e. The number of nitrogens with one attached hydrogen (secondary N) is 2. The van der Waals surface area contributed by atoms with E-state index in [9.17, 15) is 48.9 Å². The zero-order chi connectivity index (χ0) is 57.6.